The largest absolute Gasteiger partial charge is 0.340 e. The molecular formula is C30H34N6O3S. The number of hydrogen-bond donors (Lipinski definition) is 1. The zero-order valence-electron chi connectivity index (χ0n) is 22.4. The average molecular weight is 559 g/mol. The average Bonchev–Trinajstić information content (AvgIpc) is 2.98. The minimum Gasteiger partial charge on any atom is -0.340 e. The maximum Gasteiger partial charge on any atom is 0.252 e. The van der Waals surface area contributed by atoms with Crippen LogP contribution >= 0.6 is 0 Å². The summed E-state index contributed by atoms with van der Waals surface area (Å²) in [5.74, 6) is 0.507. The van der Waals surface area contributed by atoms with Crippen LogP contribution in [0.3, 0.4) is 0 Å². The molecule has 0 amide bonds. The van der Waals surface area contributed by atoms with Gasteiger partial charge < -0.3 is 4.90 Å². The van der Waals surface area contributed by atoms with Gasteiger partial charge in [0.1, 0.15) is 0 Å². The van der Waals surface area contributed by atoms with Crippen molar-refractivity contribution in [3.8, 4) is 0 Å². The van der Waals surface area contributed by atoms with E-state index in [4.69, 9.17) is 4.98 Å². The van der Waals surface area contributed by atoms with Crippen LogP contribution in [0.2, 0.25) is 0 Å². The third-order valence-electron chi connectivity index (χ3n) is 7.79. The summed E-state index contributed by atoms with van der Waals surface area (Å²) in [7, 11) is -3.65. The Labute approximate surface area is 234 Å². The number of nitrogens with one attached hydrogen (secondary N) is 1. The maximum atomic E-state index is 13.5. The van der Waals surface area contributed by atoms with E-state index in [1.165, 1.54) is 9.87 Å². The van der Waals surface area contributed by atoms with Crippen molar-refractivity contribution < 1.29 is 8.42 Å². The predicted molar refractivity (Wildman–Crippen MR) is 157 cm³/mol. The van der Waals surface area contributed by atoms with Gasteiger partial charge in [-0.2, -0.15) is 4.31 Å². The molecule has 2 aliphatic rings. The van der Waals surface area contributed by atoms with Crippen molar-refractivity contribution in [3.05, 3.63) is 100 Å². The summed E-state index contributed by atoms with van der Waals surface area (Å²) in [5, 5.41) is 1.63. The van der Waals surface area contributed by atoms with Crippen LogP contribution in [0.4, 0.5) is 5.95 Å². The van der Waals surface area contributed by atoms with Crippen LogP contribution in [-0.4, -0.2) is 84.8 Å². The van der Waals surface area contributed by atoms with E-state index in [9.17, 15) is 13.2 Å². The highest BCUT2D eigenvalue weighted by molar-refractivity contribution is 7.89. The molecule has 3 heterocycles. The van der Waals surface area contributed by atoms with E-state index < -0.39 is 10.0 Å². The SMILES string of the molecule is O=c1cc(CN2CCN(Cc3ccccc3)CC2)nc(N2CCN(S(=O)(=O)c3cccc4ccccc34)CC2)[nH]1. The van der Waals surface area contributed by atoms with Crippen molar-refractivity contribution in [2.45, 2.75) is 18.0 Å². The lowest BCUT2D eigenvalue weighted by Crippen LogP contribution is -2.49. The van der Waals surface area contributed by atoms with Crippen LogP contribution in [0.15, 0.2) is 88.6 Å². The lowest BCUT2D eigenvalue weighted by Gasteiger charge is -2.35. The van der Waals surface area contributed by atoms with Gasteiger partial charge in [-0.05, 0) is 17.0 Å². The molecule has 0 unspecified atom stereocenters. The molecule has 0 radical (unpaired) electrons. The molecule has 208 valence electrons. The third-order valence-corrected chi connectivity index (χ3v) is 9.74. The van der Waals surface area contributed by atoms with Gasteiger partial charge >= 0.3 is 0 Å². The smallest absolute Gasteiger partial charge is 0.252 e. The number of nitrogens with zero attached hydrogens (tertiary/aromatic N) is 5. The zero-order chi connectivity index (χ0) is 27.5. The minimum atomic E-state index is -3.65. The van der Waals surface area contributed by atoms with E-state index >= 15 is 0 Å². The molecule has 0 bridgehead atoms. The Hall–Kier alpha value is -3.57. The van der Waals surface area contributed by atoms with E-state index in [-0.39, 0.29) is 5.56 Å². The second-order valence-corrected chi connectivity index (χ2v) is 12.4. The molecule has 0 spiro atoms. The first-order valence-corrected chi connectivity index (χ1v) is 15.2. The van der Waals surface area contributed by atoms with Crippen molar-refractivity contribution in [2.24, 2.45) is 0 Å². The third kappa shape index (κ3) is 5.80. The summed E-state index contributed by atoms with van der Waals surface area (Å²) in [5.41, 5.74) is 1.87. The van der Waals surface area contributed by atoms with Gasteiger partial charge in [0.15, 0.2) is 0 Å². The summed E-state index contributed by atoms with van der Waals surface area (Å²) >= 11 is 0. The van der Waals surface area contributed by atoms with Crippen molar-refractivity contribution >= 4 is 26.7 Å². The Balaban J connectivity index is 1.08. The lowest BCUT2D eigenvalue weighted by molar-refractivity contribution is 0.121. The molecule has 0 aliphatic carbocycles. The Morgan fingerprint density at radius 1 is 0.725 bits per heavy atom. The van der Waals surface area contributed by atoms with E-state index in [1.807, 2.05) is 41.3 Å². The first-order chi connectivity index (χ1) is 19.5. The summed E-state index contributed by atoms with van der Waals surface area (Å²) in [6, 6.07) is 25.0. The second kappa shape index (κ2) is 11.5. The first-order valence-electron chi connectivity index (χ1n) is 13.8. The van der Waals surface area contributed by atoms with Crippen LogP contribution < -0.4 is 10.5 Å². The quantitative estimate of drug-likeness (QED) is 0.373. The topological polar surface area (TPSA) is 92.8 Å². The van der Waals surface area contributed by atoms with E-state index in [1.54, 1.807) is 18.2 Å². The van der Waals surface area contributed by atoms with E-state index in [0.717, 1.165) is 49.2 Å². The fourth-order valence-electron chi connectivity index (χ4n) is 5.60. The van der Waals surface area contributed by atoms with Crippen LogP contribution in [-0.2, 0) is 23.1 Å². The van der Waals surface area contributed by atoms with Crippen LogP contribution in [0.1, 0.15) is 11.3 Å². The number of hydrogen-bond acceptors (Lipinski definition) is 7. The van der Waals surface area contributed by atoms with Crippen molar-refractivity contribution in [1.29, 1.82) is 0 Å². The highest BCUT2D eigenvalue weighted by Crippen LogP contribution is 2.27. The van der Waals surface area contributed by atoms with Gasteiger partial charge in [0.25, 0.3) is 5.56 Å². The molecule has 2 fully saturated rings. The molecule has 3 aromatic carbocycles. The van der Waals surface area contributed by atoms with Gasteiger partial charge in [-0.1, -0.05) is 66.7 Å². The molecule has 1 aromatic heterocycles. The molecule has 0 atom stereocenters. The van der Waals surface area contributed by atoms with Crippen LogP contribution in [0.5, 0.6) is 0 Å². The van der Waals surface area contributed by atoms with Crippen LogP contribution in [0.25, 0.3) is 10.8 Å². The summed E-state index contributed by atoms with van der Waals surface area (Å²) < 4.78 is 28.6. The molecule has 0 saturated carbocycles. The number of fused-ring (bicyclic) bond motifs is 1. The first kappa shape index (κ1) is 26.6. The molecule has 4 aromatic rings. The number of sulfonamides is 1. The standard InChI is InChI=1S/C30H34N6O3S/c37-29-21-26(23-34-15-13-33(14-16-34)22-24-7-2-1-3-8-24)31-30(32-29)35-17-19-36(20-18-35)40(38,39)28-12-6-10-25-9-4-5-11-27(25)28/h1-12,21H,13-20,22-23H2,(H,31,32,37). The molecular weight excluding hydrogens is 524 g/mol. The fourth-order valence-corrected chi connectivity index (χ4v) is 7.24. The minimum absolute atomic E-state index is 0.187. The molecule has 2 saturated heterocycles. The number of benzene rings is 3. The van der Waals surface area contributed by atoms with Gasteiger partial charge in [0.2, 0.25) is 16.0 Å². The number of anilines is 1. The molecule has 1 N–H and O–H groups in total. The normalized spacial score (nSPS) is 17.9. The predicted octanol–water partition coefficient (Wildman–Crippen LogP) is 2.75. The van der Waals surface area contributed by atoms with Crippen molar-refractivity contribution in [2.75, 3.05) is 57.3 Å². The highest BCUT2D eigenvalue weighted by Gasteiger charge is 2.30. The van der Waals surface area contributed by atoms with Crippen molar-refractivity contribution in [3.63, 3.8) is 0 Å². The summed E-state index contributed by atoms with van der Waals surface area (Å²) in [6.07, 6.45) is 0. The number of aromatic amines is 1. The molecule has 40 heavy (non-hydrogen) atoms. The van der Waals surface area contributed by atoms with Crippen LogP contribution in [0, 0.1) is 0 Å². The van der Waals surface area contributed by atoms with Gasteiger partial charge in [0, 0.05) is 76.9 Å². The maximum absolute atomic E-state index is 13.5. The van der Waals surface area contributed by atoms with E-state index in [2.05, 4.69) is 39.0 Å². The van der Waals surface area contributed by atoms with Crippen molar-refractivity contribution in [1.82, 2.24) is 24.1 Å². The Morgan fingerprint density at radius 2 is 1.38 bits per heavy atom. The number of rotatable bonds is 7. The lowest BCUT2D eigenvalue weighted by atomic mass is 10.1. The second-order valence-electron chi connectivity index (χ2n) is 10.5. The zero-order valence-corrected chi connectivity index (χ0v) is 23.3. The summed E-state index contributed by atoms with van der Waals surface area (Å²) in [6.45, 7) is 6.89. The number of H-pyrrole nitrogens is 1. The monoisotopic (exact) mass is 558 g/mol. The van der Waals surface area contributed by atoms with Gasteiger partial charge in [0.05, 0.1) is 10.6 Å². The number of aromatic nitrogens is 2. The van der Waals surface area contributed by atoms with Gasteiger partial charge in [-0.3, -0.25) is 19.6 Å². The molecule has 6 rings (SSSR count). The highest BCUT2D eigenvalue weighted by atomic mass is 32.2. The summed E-state index contributed by atoms with van der Waals surface area (Å²) in [4.78, 5) is 27.3. The molecule has 10 heteroatoms. The van der Waals surface area contributed by atoms with Gasteiger partial charge in [-0.15, -0.1) is 0 Å². The van der Waals surface area contributed by atoms with E-state index in [0.29, 0.717) is 43.6 Å². The number of piperazine rings is 2. The molecule has 9 nitrogen and oxygen atoms in total. The molecule has 2 aliphatic heterocycles. The Kier molecular flexibility index (Phi) is 7.66. The fraction of sp³-hybridized carbons (Fsp3) is 0.333. The Morgan fingerprint density at radius 3 is 2.12 bits per heavy atom. The van der Waals surface area contributed by atoms with Gasteiger partial charge in [-0.25, -0.2) is 13.4 Å². The Bertz CT molecular complexity index is 1620.